The van der Waals surface area contributed by atoms with E-state index in [0.717, 1.165) is 35.4 Å². The van der Waals surface area contributed by atoms with Crippen LogP contribution in [0.15, 0.2) is 48.5 Å². The lowest BCUT2D eigenvalue weighted by molar-refractivity contribution is -0.120. The molecule has 27 heavy (non-hydrogen) atoms. The number of carbonyl (C=O) groups is 2. The topological polar surface area (TPSA) is 67.4 Å². The summed E-state index contributed by atoms with van der Waals surface area (Å²) in [5, 5.41) is 5.66. The number of ether oxygens (including phenoxy) is 1. The van der Waals surface area contributed by atoms with Gasteiger partial charge in [0, 0.05) is 18.7 Å². The molecule has 0 saturated carbocycles. The average Bonchev–Trinajstić information content (AvgIpc) is 2.65. The molecule has 0 aliphatic rings. The van der Waals surface area contributed by atoms with Crippen LogP contribution in [0.5, 0.6) is 5.75 Å². The fourth-order valence-electron chi connectivity index (χ4n) is 2.57. The number of hydrogen-bond acceptors (Lipinski definition) is 3. The molecule has 0 heterocycles. The van der Waals surface area contributed by atoms with Gasteiger partial charge in [0.1, 0.15) is 5.75 Å². The van der Waals surface area contributed by atoms with Gasteiger partial charge in [-0.25, -0.2) is 0 Å². The van der Waals surface area contributed by atoms with E-state index in [4.69, 9.17) is 4.74 Å². The number of amides is 2. The summed E-state index contributed by atoms with van der Waals surface area (Å²) in [5.41, 5.74) is 2.67. The Morgan fingerprint density at radius 3 is 2.52 bits per heavy atom. The van der Waals surface area contributed by atoms with Gasteiger partial charge in [0.2, 0.25) is 11.8 Å². The van der Waals surface area contributed by atoms with Crippen molar-refractivity contribution in [3.8, 4) is 5.75 Å². The van der Waals surface area contributed by atoms with Crippen LogP contribution in [0.3, 0.4) is 0 Å². The summed E-state index contributed by atoms with van der Waals surface area (Å²) in [7, 11) is 0. The Morgan fingerprint density at radius 1 is 1.04 bits per heavy atom. The molecular weight excluding hydrogens is 340 g/mol. The first kappa shape index (κ1) is 20.5. The molecular formula is C22H28N2O3. The molecule has 0 spiro atoms. The summed E-state index contributed by atoms with van der Waals surface area (Å²) in [6, 6.07) is 15.2. The van der Waals surface area contributed by atoms with Crippen LogP contribution < -0.4 is 15.4 Å². The van der Waals surface area contributed by atoms with Gasteiger partial charge < -0.3 is 15.4 Å². The van der Waals surface area contributed by atoms with Crippen molar-refractivity contribution in [2.75, 3.05) is 18.5 Å². The van der Waals surface area contributed by atoms with Crippen molar-refractivity contribution >= 4 is 17.5 Å². The molecule has 5 nitrogen and oxygen atoms in total. The van der Waals surface area contributed by atoms with E-state index in [1.807, 2.05) is 55.5 Å². The Labute approximate surface area is 161 Å². The van der Waals surface area contributed by atoms with Crippen LogP contribution in [0.2, 0.25) is 0 Å². The molecule has 2 N–H and O–H groups in total. The van der Waals surface area contributed by atoms with Gasteiger partial charge in [0.15, 0.2) is 0 Å². The maximum absolute atomic E-state index is 12.1. The van der Waals surface area contributed by atoms with Gasteiger partial charge in [-0.2, -0.15) is 0 Å². The third kappa shape index (κ3) is 7.52. The minimum absolute atomic E-state index is 0.0845. The molecule has 0 atom stereocenters. The second kappa shape index (κ2) is 11.0. The van der Waals surface area contributed by atoms with E-state index in [2.05, 4.69) is 17.6 Å². The zero-order valence-corrected chi connectivity index (χ0v) is 16.1. The van der Waals surface area contributed by atoms with Gasteiger partial charge in [-0.05, 0) is 42.7 Å². The maximum atomic E-state index is 12.1. The molecule has 0 unspecified atom stereocenters. The van der Waals surface area contributed by atoms with Gasteiger partial charge in [-0.15, -0.1) is 0 Å². The lowest BCUT2D eigenvalue weighted by atomic mass is 10.1. The summed E-state index contributed by atoms with van der Waals surface area (Å²) >= 11 is 0. The van der Waals surface area contributed by atoms with Crippen LogP contribution in [0.25, 0.3) is 0 Å². The first-order valence-corrected chi connectivity index (χ1v) is 9.42. The molecule has 0 radical (unpaired) electrons. The van der Waals surface area contributed by atoms with E-state index >= 15 is 0 Å². The molecule has 5 heteroatoms. The van der Waals surface area contributed by atoms with Crippen molar-refractivity contribution < 1.29 is 14.3 Å². The molecule has 0 saturated heterocycles. The fourth-order valence-corrected chi connectivity index (χ4v) is 2.57. The smallest absolute Gasteiger partial charge is 0.226 e. The number of hydrogen-bond donors (Lipinski definition) is 2. The first-order valence-electron chi connectivity index (χ1n) is 9.42. The summed E-state index contributed by atoms with van der Waals surface area (Å²) in [6.07, 6.45) is 2.66. The lowest BCUT2D eigenvalue weighted by Crippen LogP contribution is -2.28. The molecule has 2 amide bonds. The van der Waals surface area contributed by atoms with Crippen LogP contribution in [-0.4, -0.2) is 25.0 Å². The first-order chi connectivity index (χ1) is 13.1. The summed E-state index contributed by atoms with van der Waals surface area (Å²) in [6.45, 7) is 5.07. The van der Waals surface area contributed by atoms with Gasteiger partial charge in [0.25, 0.3) is 0 Å². The van der Waals surface area contributed by atoms with Crippen molar-refractivity contribution in [1.82, 2.24) is 5.32 Å². The highest BCUT2D eigenvalue weighted by Gasteiger charge is 2.08. The highest BCUT2D eigenvalue weighted by molar-refractivity contribution is 5.92. The second-order valence-corrected chi connectivity index (χ2v) is 6.49. The van der Waals surface area contributed by atoms with Crippen molar-refractivity contribution in [1.29, 1.82) is 0 Å². The van der Waals surface area contributed by atoms with Crippen molar-refractivity contribution in [3.05, 3.63) is 59.7 Å². The largest absolute Gasteiger partial charge is 0.494 e. The zero-order chi connectivity index (χ0) is 19.5. The standard InChI is InChI=1S/C22H28N2O3/c1-3-4-14-27-19-10-11-20(17(2)15-19)24-21(25)12-13-23-22(26)16-18-8-6-5-7-9-18/h5-11,15H,3-4,12-14,16H2,1-2H3,(H,23,26)(H,24,25). The summed E-state index contributed by atoms with van der Waals surface area (Å²) in [5.74, 6) is 0.601. The van der Waals surface area contributed by atoms with Crippen LogP contribution in [0.4, 0.5) is 5.69 Å². The van der Waals surface area contributed by atoms with Crippen LogP contribution >= 0.6 is 0 Å². The summed E-state index contributed by atoms with van der Waals surface area (Å²) in [4.78, 5) is 24.0. The predicted molar refractivity (Wildman–Crippen MR) is 108 cm³/mol. The Morgan fingerprint density at radius 2 is 1.81 bits per heavy atom. The third-order valence-corrected chi connectivity index (χ3v) is 4.12. The SMILES string of the molecule is CCCCOc1ccc(NC(=O)CCNC(=O)Cc2ccccc2)c(C)c1. The Kier molecular flexibility index (Phi) is 8.36. The van der Waals surface area contributed by atoms with E-state index in [1.165, 1.54) is 0 Å². The number of rotatable bonds is 10. The Hall–Kier alpha value is -2.82. The van der Waals surface area contributed by atoms with Crippen LogP contribution in [0, 0.1) is 6.92 Å². The molecule has 2 rings (SSSR count). The Bertz CT molecular complexity index is 744. The maximum Gasteiger partial charge on any atom is 0.226 e. The molecule has 2 aromatic rings. The number of aryl methyl sites for hydroxylation is 1. The van der Waals surface area contributed by atoms with Gasteiger partial charge in [-0.1, -0.05) is 43.7 Å². The van der Waals surface area contributed by atoms with Gasteiger partial charge >= 0.3 is 0 Å². The Balaban J connectivity index is 1.72. The molecule has 2 aromatic carbocycles. The number of nitrogens with one attached hydrogen (secondary N) is 2. The highest BCUT2D eigenvalue weighted by atomic mass is 16.5. The predicted octanol–water partition coefficient (Wildman–Crippen LogP) is 3.86. The third-order valence-electron chi connectivity index (χ3n) is 4.12. The minimum atomic E-state index is -0.127. The highest BCUT2D eigenvalue weighted by Crippen LogP contribution is 2.21. The molecule has 0 aliphatic carbocycles. The average molecular weight is 368 g/mol. The zero-order valence-electron chi connectivity index (χ0n) is 16.1. The van der Waals surface area contributed by atoms with E-state index in [9.17, 15) is 9.59 Å². The van der Waals surface area contributed by atoms with Gasteiger partial charge in [-0.3, -0.25) is 9.59 Å². The van der Waals surface area contributed by atoms with Crippen LogP contribution in [0.1, 0.15) is 37.3 Å². The molecule has 144 valence electrons. The van der Waals surface area contributed by atoms with Crippen molar-refractivity contribution in [2.45, 2.75) is 39.5 Å². The normalized spacial score (nSPS) is 10.3. The summed E-state index contributed by atoms with van der Waals surface area (Å²) < 4.78 is 5.67. The fraction of sp³-hybridized carbons (Fsp3) is 0.364. The minimum Gasteiger partial charge on any atom is -0.494 e. The van der Waals surface area contributed by atoms with Crippen LogP contribution in [-0.2, 0) is 16.0 Å². The second-order valence-electron chi connectivity index (χ2n) is 6.49. The molecule has 0 aliphatic heterocycles. The quantitative estimate of drug-likeness (QED) is 0.626. The van der Waals surface area contributed by atoms with Gasteiger partial charge in [0.05, 0.1) is 13.0 Å². The molecule has 0 aromatic heterocycles. The van der Waals surface area contributed by atoms with E-state index in [0.29, 0.717) is 19.6 Å². The van der Waals surface area contributed by atoms with E-state index in [-0.39, 0.29) is 18.2 Å². The van der Waals surface area contributed by atoms with E-state index < -0.39 is 0 Å². The molecule has 0 fully saturated rings. The van der Waals surface area contributed by atoms with Crippen molar-refractivity contribution in [2.24, 2.45) is 0 Å². The number of unbranched alkanes of at least 4 members (excludes halogenated alkanes) is 1. The number of carbonyl (C=O) groups excluding carboxylic acids is 2. The van der Waals surface area contributed by atoms with E-state index in [1.54, 1.807) is 0 Å². The monoisotopic (exact) mass is 368 g/mol. The van der Waals surface area contributed by atoms with Crippen molar-refractivity contribution in [3.63, 3.8) is 0 Å². The molecule has 0 bridgehead atoms. The number of benzene rings is 2. The lowest BCUT2D eigenvalue weighted by Gasteiger charge is -2.11. The number of anilines is 1.